The number of benzene rings is 1. The van der Waals surface area contributed by atoms with Gasteiger partial charge in [0.05, 0.1) is 12.0 Å². The van der Waals surface area contributed by atoms with Gasteiger partial charge in [0.15, 0.2) is 0 Å². The molecule has 96 valence electrons. The van der Waals surface area contributed by atoms with E-state index in [1.54, 1.807) is 6.26 Å². The van der Waals surface area contributed by atoms with Crippen LogP contribution in [-0.2, 0) is 12.6 Å². The Bertz CT molecular complexity index is 393. The van der Waals surface area contributed by atoms with Gasteiger partial charge in [-0.15, -0.1) is 11.8 Å². The van der Waals surface area contributed by atoms with Crippen LogP contribution in [0.3, 0.4) is 0 Å². The van der Waals surface area contributed by atoms with Crippen molar-refractivity contribution in [1.82, 2.24) is 0 Å². The van der Waals surface area contributed by atoms with Gasteiger partial charge < -0.3 is 0 Å². The van der Waals surface area contributed by atoms with Crippen molar-refractivity contribution in [2.24, 2.45) is 0 Å². The minimum Gasteiger partial charge on any atom is -0.171 e. The first kappa shape index (κ1) is 14.2. The number of hydrogen-bond acceptors (Lipinski definition) is 1. The van der Waals surface area contributed by atoms with Crippen LogP contribution in [0.15, 0.2) is 23.1 Å². The first-order valence-electron chi connectivity index (χ1n) is 4.44. The van der Waals surface area contributed by atoms with E-state index in [0.29, 0.717) is 0 Å². The zero-order chi connectivity index (χ0) is 13.3. The molecule has 0 aliphatic rings. The third kappa shape index (κ3) is 4.14. The van der Waals surface area contributed by atoms with Gasteiger partial charge in [0, 0.05) is 4.90 Å². The number of rotatable bonds is 2. The smallest absolute Gasteiger partial charge is 0.171 e. The molecular weight excluding hydrogens is 266 g/mol. The average molecular weight is 274 g/mol. The Kier molecular flexibility index (Phi) is 4.01. The summed E-state index contributed by atoms with van der Waals surface area (Å²) in [6.07, 6.45) is -9.44. The van der Waals surface area contributed by atoms with Crippen molar-refractivity contribution in [3.63, 3.8) is 0 Å². The van der Waals surface area contributed by atoms with Gasteiger partial charge in [0.1, 0.15) is 0 Å². The van der Waals surface area contributed by atoms with Gasteiger partial charge in [-0.05, 0) is 24.0 Å². The zero-order valence-electron chi connectivity index (χ0n) is 8.62. The maximum Gasteiger partial charge on any atom is 0.416 e. The van der Waals surface area contributed by atoms with Crippen LogP contribution in [0.4, 0.5) is 26.3 Å². The minimum atomic E-state index is -4.77. The summed E-state index contributed by atoms with van der Waals surface area (Å²) in [6.45, 7) is 0. The highest BCUT2D eigenvalue weighted by atomic mass is 32.2. The van der Waals surface area contributed by atoms with Crippen LogP contribution < -0.4 is 0 Å². The Hall–Kier alpha value is -0.850. The summed E-state index contributed by atoms with van der Waals surface area (Å²) in [4.78, 5) is 0.281. The Morgan fingerprint density at radius 2 is 1.65 bits per heavy atom. The highest BCUT2D eigenvalue weighted by Crippen LogP contribution is 2.36. The lowest BCUT2D eigenvalue weighted by molar-refractivity contribution is -0.143. The van der Waals surface area contributed by atoms with Gasteiger partial charge in [0.25, 0.3) is 0 Å². The standard InChI is InChI=1S/C10H8F6S/c1-17-7-3-2-6(5-9(11,12)13)8(4-7)10(14,15)16/h2-4H,5H2,1H3. The molecular formula is C10H8F6S. The second kappa shape index (κ2) is 4.80. The van der Waals surface area contributed by atoms with E-state index in [4.69, 9.17) is 0 Å². The normalized spacial score (nSPS) is 12.9. The fraction of sp³-hybridized carbons (Fsp3) is 0.400. The Labute approximate surface area is 98.0 Å². The van der Waals surface area contributed by atoms with Crippen molar-refractivity contribution in [2.45, 2.75) is 23.7 Å². The summed E-state index contributed by atoms with van der Waals surface area (Å²) in [7, 11) is 0. The highest BCUT2D eigenvalue weighted by molar-refractivity contribution is 7.98. The lowest BCUT2D eigenvalue weighted by Gasteiger charge is -2.15. The molecule has 0 saturated heterocycles. The molecule has 0 aliphatic carbocycles. The molecule has 0 radical (unpaired) electrons. The van der Waals surface area contributed by atoms with Crippen molar-refractivity contribution in [3.05, 3.63) is 29.3 Å². The van der Waals surface area contributed by atoms with E-state index < -0.39 is 29.9 Å². The lowest BCUT2D eigenvalue weighted by atomic mass is 10.0. The predicted molar refractivity (Wildman–Crippen MR) is 53.0 cm³/mol. The van der Waals surface area contributed by atoms with Crippen LogP contribution >= 0.6 is 11.8 Å². The van der Waals surface area contributed by atoms with Crippen molar-refractivity contribution < 1.29 is 26.3 Å². The molecule has 0 fully saturated rings. The topological polar surface area (TPSA) is 0 Å². The third-order valence-electron chi connectivity index (χ3n) is 2.01. The van der Waals surface area contributed by atoms with Crippen molar-refractivity contribution >= 4 is 11.8 Å². The van der Waals surface area contributed by atoms with E-state index in [0.717, 1.165) is 23.9 Å². The molecule has 0 saturated carbocycles. The second-order valence-corrected chi connectivity index (χ2v) is 4.19. The Balaban J connectivity index is 3.21. The van der Waals surface area contributed by atoms with Gasteiger partial charge >= 0.3 is 12.4 Å². The molecule has 0 aliphatic heterocycles. The fourth-order valence-corrected chi connectivity index (χ4v) is 1.76. The highest BCUT2D eigenvalue weighted by Gasteiger charge is 2.37. The monoisotopic (exact) mass is 274 g/mol. The van der Waals surface area contributed by atoms with Gasteiger partial charge in [-0.1, -0.05) is 6.07 Å². The Morgan fingerprint density at radius 1 is 1.06 bits per heavy atom. The van der Waals surface area contributed by atoms with Crippen LogP contribution in [-0.4, -0.2) is 12.4 Å². The summed E-state index contributed by atoms with van der Waals surface area (Å²) in [5, 5.41) is 0. The molecule has 0 heterocycles. The summed E-state index contributed by atoms with van der Waals surface area (Å²) < 4.78 is 74.0. The van der Waals surface area contributed by atoms with Crippen LogP contribution in [0, 0.1) is 0 Å². The molecule has 1 aromatic carbocycles. The van der Waals surface area contributed by atoms with E-state index in [1.807, 2.05) is 0 Å². The van der Waals surface area contributed by atoms with Crippen LogP contribution in [0.25, 0.3) is 0 Å². The van der Waals surface area contributed by atoms with E-state index >= 15 is 0 Å². The predicted octanol–water partition coefficient (Wildman–Crippen LogP) is 4.53. The molecule has 0 spiro atoms. The molecule has 0 amide bonds. The summed E-state index contributed by atoms with van der Waals surface area (Å²) in [5.74, 6) is 0. The third-order valence-corrected chi connectivity index (χ3v) is 2.74. The number of thioether (sulfide) groups is 1. The van der Waals surface area contributed by atoms with Gasteiger partial charge in [0.2, 0.25) is 0 Å². The SMILES string of the molecule is CSc1ccc(CC(F)(F)F)c(C(F)(F)F)c1. The summed E-state index contributed by atoms with van der Waals surface area (Å²) in [5.41, 5.74) is -1.97. The van der Waals surface area contributed by atoms with E-state index in [1.165, 1.54) is 6.07 Å². The van der Waals surface area contributed by atoms with Gasteiger partial charge in [-0.2, -0.15) is 26.3 Å². The molecule has 0 nitrogen and oxygen atoms in total. The maximum atomic E-state index is 12.6. The molecule has 0 unspecified atom stereocenters. The summed E-state index contributed by atoms with van der Waals surface area (Å²) >= 11 is 1.04. The summed E-state index contributed by atoms with van der Waals surface area (Å²) in [6, 6.07) is 2.87. The van der Waals surface area contributed by atoms with E-state index in [2.05, 4.69) is 0 Å². The van der Waals surface area contributed by atoms with E-state index in [9.17, 15) is 26.3 Å². The molecule has 0 atom stereocenters. The Morgan fingerprint density at radius 3 is 2.06 bits per heavy atom. The maximum absolute atomic E-state index is 12.6. The van der Waals surface area contributed by atoms with Crippen molar-refractivity contribution in [3.8, 4) is 0 Å². The molecule has 1 rings (SSSR count). The van der Waals surface area contributed by atoms with Crippen LogP contribution in [0.5, 0.6) is 0 Å². The average Bonchev–Trinajstić information content (AvgIpc) is 2.14. The molecule has 0 aromatic heterocycles. The molecule has 1 aromatic rings. The molecule has 0 bridgehead atoms. The molecule has 7 heteroatoms. The quantitative estimate of drug-likeness (QED) is 0.564. The minimum absolute atomic E-state index is 0.281. The largest absolute Gasteiger partial charge is 0.416 e. The van der Waals surface area contributed by atoms with Gasteiger partial charge in [-0.25, -0.2) is 0 Å². The van der Waals surface area contributed by atoms with Crippen molar-refractivity contribution in [2.75, 3.05) is 6.26 Å². The first-order chi connectivity index (χ1) is 7.63. The lowest BCUT2D eigenvalue weighted by Crippen LogP contribution is -2.17. The van der Waals surface area contributed by atoms with Crippen LogP contribution in [0.2, 0.25) is 0 Å². The number of halogens is 6. The first-order valence-corrected chi connectivity index (χ1v) is 5.67. The number of alkyl halides is 6. The fourth-order valence-electron chi connectivity index (χ4n) is 1.32. The van der Waals surface area contributed by atoms with Gasteiger partial charge in [-0.3, -0.25) is 0 Å². The molecule has 0 N–H and O–H groups in total. The van der Waals surface area contributed by atoms with Crippen molar-refractivity contribution in [1.29, 1.82) is 0 Å². The van der Waals surface area contributed by atoms with E-state index in [-0.39, 0.29) is 4.90 Å². The molecule has 17 heavy (non-hydrogen) atoms. The zero-order valence-corrected chi connectivity index (χ0v) is 9.43. The van der Waals surface area contributed by atoms with Crippen LogP contribution in [0.1, 0.15) is 11.1 Å². The second-order valence-electron chi connectivity index (χ2n) is 3.31. The number of hydrogen-bond donors (Lipinski definition) is 0.